The average Bonchev–Trinajstić information content (AvgIpc) is 3.41. The van der Waals surface area contributed by atoms with E-state index >= 15 is 0 Å². The van der Waals surface area contributed by atoms with Crippen LogP contribution in [0.15, 0.2) is 72.8 Å². The van der Waals surface area contributed by atoms with Crippen LogP contribution in [0.5, 0.6) is 17.2 Å². The molecule has 8 nitrogen and oxygen atoms in total. The molecule has 10 heteroatoms. The van der Waals surface area contributed by atoms with Gasteiger partial charge in [-0.25, -0.2) is 0 Å². The summed E-state index contributed by atoms with van der Waals surface area (Å²) in [5, 5.41) is 0. The first kappa shape index (κ1) is 35.8. The summed E-state index contributed by atoms with van der Waals surface area (Å²) in [5.41, 5.74) is 0.873. The molecule has 1 atom stereocenters. The quantitative estimate of drug-likeness (QED) is 0.153. The van der Waals surface area contributed by atoms with E-state index in [1.165, 1.54) is 19.3 Å². The van der Waals surface area contributed by atoms with E-state index in [0.717, 1.165) is 29.3 Å². The van der Waals surface area contributed by atoms with Crippen LogP contribution in [0.4, 0.5) is 0 Å². The molecule has 2 heterocycles. The van der Waals surface area contributed by atoms with Crippen LogP contribution >= 0.6 is 0 Å². The predicted molar refractivity (Wildman–Crippen MR) is 193 cm³/mol. The zero-order chi connectivity index (χ0) is 35.0. The van der Waals surface area contributed by atoms with E-state index in [4.69, 9.17) is 37.6 Å². The molecule has 0 amide bonds. The van der Waals surface area contributed by atoms with E-state index in [2.05, 4.69) is 55.4 Å². The third-order valence-corrected chi connectivity index (χ3v) is 10.7. The Morgan fingerprint density at radius 2 is 1.00 bits per heavy atom. The zero-order valence-corrected chi connectivity index (χ0v) is 30.6. The van der Waals surface area contributed by atoms with Crippen LogP contribution in [-0.2, 0) is 23.4 Å². The topological polar surface area (TPSA) is 73.8 Å². The van der Waals surface area contributed by atoms with Gasteiger partial charge in [0.15, 0.2) is 6.29 Å². The molecular weight excluding hydrogens is 618 g/mol. The van der Waals surface area contributed by atoms with Gasteiger partial charge in [0, 0.05) is 0 Å². The fraction of sp³-hybridized carbons (Fsp3) is 0.538. The Hall–Kier alpha value is -3.01. The highest BCUT2D eigenvalue weighted by atomic mass is 16.7. The van der Waals surface area contributed by atoms with Crippen molar-refractivity contribution in [3.8, 4) is 17.2 Å². The Kier molecular flexibility index (Phi) is 10.2. The molecule has 0 bridgehead atoms. The van der Waals surface area contributed by atoms with Gasteiger partial charge in [0.25, 0.3) is 6.29 Å². The number of ether oxygens (including phenoxy) is 4. The highest BCUT2D eigenvalue weighted by Crippen LogP contribution is 2.38. The maximum atomic E-state index is 6.59. The molecule has 262 valence electrons. The highest BCUT2D eigenvalue weighted by molar-refractivity contribution is 6.62. The van der Waals surface area contributed by atoms with Crippen molar-refractivity contribution in [2.45, 2.75) is 136 Å². The summed E-state index contributed by atoms with van der Waals surface area (Å²) in [5.74, 6) is 1.89. The summed E-state index contributed by atoms with van der Waals surface area (Å²) in [7, 11) is -0.929. The van der Waals surface area contributed by atoms with Gasteiger partial charge in [-0.3, -0.25) is 0 Å². The van der Waals surface area contributed by atoms with Crippen molar-refractivity contribution in [2.75, 3.05) is 0 Å². The summed E-state index contributed by atoms with van der Waals surface area (Å²) in [4.78, 5) is 0. The van der Waals surface area contributed by atoms with Crippen molar-refractivity contribution >= 4 is 25.2 Å². The maximum absolute atomic E-state index is 6.59. The third kappa shape index (κ3) is 7.99. The van der Waals surface area contributed by atoms with Crippen LogP contribution in [0, 0.1) is 0 Å². The fourth-order valence-corrected chi connectivity index (χ4v) is 6.22. The minimum absolute atomic E-state index is 0.212. The van der Waals surface area contributed by atoms with Crippen LogP contribution in [0.25, 0.3) is 0 Å². The monoisotopic (exact) mass is 670 g/mol. The largest absolute Gasteiger partial charge is 0.494 e. The lowest BCUT2D eigenvalue weighted by Crippen LogP contribution is -2.41. The summed E-state index contributed by atoms with van der Waals surface area (Å²) in [6.07, 6.45) is 4.73. The molecule has 3 aromatic carbocycles. The van der Waals surface area contributed by atoms with Crippen LogP contribution in [0.1, 0.15) is 106 Å². The molecule has 0 N–H and O–H groups in total. The van der Waals surface area contributed by atoms with E-state index in [1.54, 1.807) is 0 Å². The smallest absolute Gasteiger partial charge is 0.465 e. The van der Waals surface area contributed by atoms with Crippen molar-refractivity contribution in [1.82, 2.24) is 0 Å². The van der Waals surface area contributed by atoms with Gasteiger partial charge in [-0.1, -0.05) is 55.7 Å². The Balaban J connectivity index is 1.23. The summed E-state index contributed by atoms with van der Waals surface area (Å²) < 4.78 is 50.9. The fourth-order valence-electron chi connectivity index (χ4n) is 6.22. The van der Waals surface area contributed by atoms with E-state index in [0.29, 0.717) is 17.2 Å². The van der Waals surface area contributed by atoms with Gasteiger partial charge in [-0.2, -0.15) is 0 Å². The third-order valence-electron chi connectivity index (χ3n) is 10.7. The van der Waals surface area contributed by atoms with Crippen LogP contribution in [0.3, 0.4) is 0 Å². The van der Waals surface area contributed by atoms with Gasteiger partial charge >= 0.3 is 14.2 Å². The van der Waals surface area contributed by atoms with E-state index in [1.807, 2.05) is 79.7 Å². The molecule has 2 saturated heterocycles. The van der Waals surface area contributed by atoms with Gasteiger partial charge < -0.3 is 37.6 Å². The first-order chi connectivity index (χ1) is 23.1. The lowest BCUT2D eigenvalue weighted by Gasteiger charge is -2.32. The van der Waals surface area contributed by atoms with Crippen molar-refractivity contribution in [2.24, 2.45) is 0 Å². The van der Waals surface area contributed by atoms with Crippen molar-refractivity contribution in [3.63, 3.8) is 0 Å². The van der Waals surface area contributed by atoms with Gasteiger partial charge in [0.2, 0.25) is 0 Å². The van der Waals surface area contributed by atoms with Crippen molar-refractivity contribution in [1.29, 1.82) is 0 Å². The molecule has 49 heavy (non-hydrogen) atoms. The maximum Gasteiger partial charge on any atom is 0.494 e. The van der Waals surface area contributed by atoms with Gasteiger partial charge in [-0.15, -0.1) is 0 Å². The van der Waals surface area contributed by atoms with Crippen LogP contribution < -0.4 is 25.1 Å². The molecule has 1 aliphatic carbocycles. The Morgan fingerprint density at radius 1 is 0.571 bits per heavy atom. The lowest BCUT2D eigenvalue weighted by atomic mass is 9.79. The van der Waals surface area contributed by atoms with Crippen LogP contribution in [0.2, 0.25) is 0 Å². The summed E-state index contributed by atoms with van der Waals surface area (Å²) >= 11 is 0. The first-order valence-corrected chi connectivity index (χ1v) is 17.8. The molecule has 1 unspecified atom stereocenters. The summed E-state index contributed by atoms with van der Waals surface area (Å²) in [6.45, 7) is 18.4. The minimum Gasteiger partial charge on any atom is -0.465 e. The number of hydrogen-bond donors (Lipinski definition) is 0. The van der Waals surface area contributed by atoms with Crippen molar-refractivity contribution in [3.05, 3.63) is 78.4 Å². The zero-order valence-electron chi connectivity index (χ0n) is 30.6. The molecule has 3 aliphatic rings. The minimum atomic E-state index is -0.830. The number of benzene rings is 3. The Morgan fingerprint density at radius 3 is 1.45 bits per heavy atom. The molecule has 0 spiro atoms. The standard InChI is InChI=1S/C39H52B2O8/c1-27(42-30-15-11-10-12-16-30)43-34-18-14-13-17-33(34)35(44-31-23-19-28(20-24-31)40-46-36(2,3)37(4,5)47-40)45-32-25-21-29(22-26-32)41-48-38(6,7)39(8,9)49-41/h13-14,17-27,30,35H,10-12,15-16H2,1-9H3. The second-order valence-electron chi connectivity index (χ2n) is 15.5. The van der Waals surface area contributed by atoms with Crippen LogP contribution in [-0.4, -0.2) is 49.0 Å². The number of para-hydroxylation sites is 1. The molecule has 2 aliphatic heterocycles. The molecular formula is C39H52B2O8. The normalized spacial score (nSPS) is 21.9. The van der Waals surface area contributed by atoms with Crippen molar-refractivity contribution < 1.29 is 37.6 Å². The highest BCUT2D eigenvalue weighted by Gasteiger charge is 2.52. The molecule has 3 fully saturated rings. The van der Waals surface area contributed by atoms with E-state index in [-0.39, 0.29) is 6.10 Å². The average molecular weight is 670 g/mol. The Labute approximate surface area is 293 Å². The Bertz CT molecular complexity index is 1440. The molecule has 0 aromatic heterocycles. The molecule has 6 rings (SSSR count). The van der Waals surface area contributed by atoms with Gasteiger partial charge in [0.05, 0.1) is 34.1 Å². The second-order valence-corrected chi connectivity index (χ2v) is 15.5. The molecule has 3 aromatic rings. The first-order valence-electron chi connectivity index (χ1n) is 17.8. The van der Waals surface area contributed by atoms with Gasteiger partial charge in [-0.05, 0) is 122 Å². The van der Waals surface area contributed by atoms with E-state index < -0.39 is 49.2 Å². The second kappa shape index (κ2) is 14.0. The number of hydrogen-bond acceptors (Lipinski definition) is 8. The van der Waals surface area contributed by atoms with E-state index in [9.17, 15) is 0 Å². The molecule has 1 saturated carbocycles. The lowest BCUT2D eigenvalue weighted by molar-refractivity contribution is -0.118. The SMILES string of the molecule is CC(Oc1ccccc1C(Oc1ccc(B2OC(C)(C)C(C)(C)O2)cc1)Oc1ccc(B2OC(C)(C)C(C)(C)O2)cc1)OC1CCCCC1. The summed E-state index contributed by atoms with van der Waals surface area (Å²) in [6, 6.07) is 23.3. The predicted octanol–water partition coefficient (Wildman–Crippen LogP) is 7.52. The number of rotatable bonds is 11. The molecule has 0 radical (unpaired) electrons. The van der Waals surface area contributed by atoms with Gasteiger partial charge in [0.1, 0.15) is 17.2 Å².